The minimum absolute atomic E-state index is 0.124. The van der Waals surface area contributed by atoms with Crippen molar-refractivity contribution in [3.63, 3.8) is 0 Å². The van der Waals surface area contributed by atoms with Crippen LogP contribution >= 0.6 is 0 Å². The second kappa shape index (κ2) is 8.70. The molecule has 0 radical (unpaired) electrons. The third-order valence-corrected chi connectivity index (χ3v) is 3.44. The van der Waals surface area contributed by atoms with E-state index in [9.17, 15) is 4.79 Å². The fraction of sp³-hybridized carbons (Fsp3) is 0.500. The van der Waals surface area contributed by atoms with Gasteiger partial charge in [-0.2, -0.15) is 0 Å². The average molecular weight is 320 g/mol. The maximum Gasteiger partial charge on any atom is 0.330 e. The molecule has 1 heterocycles. The fourth-order valence-corrected chi connectivity index (χ4v) is 2.22. The van der Waals surface area contributed by atoms with E-state index >= 15 is 0 Å². The molecule has 5 heteroatoms. The molecule has 1 aromatic rings. The molecule has 0 saturated carbocycles. The van der Waals surface area contributed by atoms with E-state index in [0.717, 1.165) is 23.5 Å². The van der Waals surface area contributed by atoms with Crippen LogP contribution in [-0.2, 0) is 19.0 Å². The molecule has 0 aliphatic carbocycles. The summed E-state index contributed by atoms with van der Waals surface area (Å²) in [6.07, 6.45) is 3.24. The molecule has 0 unspecified atom stereocenters. The molecule has 126 valence electrons. The van der Waals surface area contributed by atoms with E-state index in [2.05, 4.69) is 0 Å². The Labute approximate surface area is 137 Å². The van der Waals surface area contributed by atoms with Crippen LogP contribution in [0.2, 0.25) is 0 Å². The average Bonchev–Trinajstić information content (AvgIpc) is 3.36. The summed E-state index contributed by atoms with van der Waals surface area (Å²) in [4.78, 5) is 11.6. The van der Waals surface area contributed by atoms with Crippen LogP contribution in [0.1, 0.15) is 38.0 Å². The number of hydrogen-bond acceptors (Lipinski definition) is 5. The lowest BCUT2D eigenvalue weighted by atomic mass is 10.0. The van der Waals surface area contributed by atoms with Gasteiger partial charge in [0.2, 0.25) is 0 Å². The highest BCUT2D eigenvalue weighted by atomic mass is 16.6. The maximum absolute atomic E-state index is 11.6. The molecule has 0 amide bonds. The summed E-state index contributed by atoms with van der Waals surface area (Å²) in [5.74, 6) is 0.355. The monoisotopic (exact) mass is 320 g/mol. The standard InChI is InChI=1S/C18H24O5/c1-4-20-17-8-6-7-15(13(3)22-11-14-12-23-14)16(17)9-10-18(19)21-5-2/h6-10,13-14H,4-5,11-12H2,1-3H3/t13-,14+/m1/s1. The molecular weight excluding hydrogens is 296 g/mol. The van der Waals surface area contributed by atoms with Crippen LogP contribution in [0, 0.1) is 0 Å². The van der Waals surface area contributed by atoms with E-state index in [1.54, 1.807) is 13.0 Å². The van der Waals surface area contributed by atoms with E-state index in [1.807, 2.05) is 32.0 Å². The van der Waals surface area contributed by atoms with Crippen molar-refractivity contribution < 1.29 is 23.7 Å². The summed E-state index contributed by atoms with van der Waals surface area (Å²) in [6.45, 7) is 7.92. The van der Waals surface area contributed by atoms with Gasteiger partial charge in [0.05, 0.1) is 32.5 Å². The minimum atomic E-state index is -0.371. The first-order valence-electron chi connectivity index (χ1n) is 7.99. The highest BCUT2D eigenvalue weighted by Gasteiger charge is 2.24. The number of carbonyl (C=O) groups excluding carboxylic acids is 1. The van der Waals surface area contributed by atoms with Crippen LogP contribution < -0.4 is 4.74 Å². The molecule has 2 rings (SSSR count). The lowest BCUT2D eigenvalue weighted by molar-refractivity contribution is -0.137. The molecule has 0 bridgehead atoms. The fourth-order valence-electron chi connectivity index (χ4n) is 2.22. The first-order chi connectivity index (χ1) is 11.2. The lowest BCUT2D eigenvalue weighted by Gasteiger charge is -2.18. The van der Waals surface area contributed by atoms with Gasteiger partial charge >= 0.3 is 5.97 Å². The molecule has 0 aromatic heterocycles. The Balaban J connectivity index is 2.20. The van der Waals surface area contributed by atoms with Crippen LogP contribution in [0.3, 0.4) is 0 Å². The molecule has 1 aliphatic heterocycles. The van der Waals surface area contributed by atoms with Crippen molar-refractivity contribution in [3.05, 3.63) is 35.4 Å². The van der Waals surface area contributed by atoms with Gasteiger partial charge in [-0.1, -0.05) is 12.1 Å². The zero-order valence-corrected chi connectivity index (χ0v) is 13.9. The Morgan fingerprint density at radius 3 is 2.83 bits per heavy atom. The summed E-state index contributed by atoms with van der Waals surface area (Å²) in [5, 5.41) is 0. The molecule has 2 atom stereocenters. The van der Waals surface area contributed by atoms with Crippen LogP contribution in [0.25, 0.3) is 6.08 Å². The van der Waals surface area contributed by atoms with Gasteiger partial charge in [0.15, 0.2) is 0 Å². The number of carbonyl (C=O) groups is 1. The quantitative estimate of drug-likeness (QED) is 0.397. The van der Waals surface area contributed by atoms with Crippen molar-refractivity contribution in [2.45, 2.75) is 33.0 Å². The number of hydrogen-bond donors (Lipinski definition) is 0. The van der Waals surface area contributed by atoms with Crippen molar-refractivity contribution in [1.82, 2.24) is 0 Å². The first kappa shape index (κ1) is 17.5. The highest BCUT2D eigenvalue weighted by molar-refractivity contribution is 5.88. The van der Waals surface area contributed by atoms with Crippen LogP contribution in [0.5, 0.6) is 5.75 Å². The van der Waals surface area contributed by atoms with E-state index in [0.29, 0.717) is 19.8 Å². The predicted octanol–water partition coefficient (Wildman–Crippen LogP) is 3.14. The van der Waals surface area contributed by atoms with Crippen molar-refractivity contribution in [2.24, 2.45) is 0 Å². The molecule has 1 aromatic carbocycles. The molecule has 1 fully saturated rings. The van der Waals surface area contributed by atoms with Crippen LogP contribution in [0.4, 0.5) is 0 Å². The summed E-state index contributed by atoms with van der Waals surface area (Å²) in [7, 11) is 0. The van der Waals surface area contributed by atoms with E-state index in [4.69, 9.17) is 18.9 Å². The van der Waals surface area contributed by atoms with Crippen molar-refractivity contribution in [2.75, 3.05) is 26.4 Å². The van der Waals surface area contributed by atoms with E-state index in [-0.39, 0.29) is 18.2 Å². The van der Waals surface area contributed by atoms with E-state index < -0.39 is 0 Å². The Hall–Kier alpha value is -1.85. The molecule has 5 nitrogen and oxygen atoms in total. The summed E-state index contributed by atoms with van der Waals surface area (Å²) < 4.78 is 21.6. The molecule has 23 heavy (non-hydrogen) atoms. The third kappa shape index (κ3) is 5.37. The second-order valence-corrected chi connectivity index (χ2v) is 5.21. The SMILES string of the molecule is CCOC(=O)C=Cc1c(OCC)cccc1[C@@H](C)OC[C@H]1CO1. The summed E-state index contributed by atoms with van der Waals surface area (Å²) in [5.41, 5.74) is 1.81. The number of rotatable bonds is 9. The van der Waals surface area contributed by atoms with Gasteiger partial charge in [-0.3, -0.25) is 0 Å². The first-order valence-corrected chi connectivity index (χ1v) is 7.99. The van der Waals surface area contributed by atoms with E-state index in [1.165, 1.54) is 6.08 Å². The van der Waals surface area contributed by atoms with Gasteiger partial charge in [0, 0.05) is 11.6 Å². The van der Waals surface area contributed by atoms with Gasteiger partial charge in [-0.05, 0) is 38.5 Å². The number of esters is 1. The van der Waals surface area contributed by atoms with Gasteiger partial charge in [0.25, 0.3) is 0 Å². The minimum Gasteiger partial charge on any atom is -0.493 e. The number of benzene rings is 1. The number of epoxide rings is 1. The summed E-state index contributed by atoms with van der Waals surface area (Å²) >= 11 is 0. The Morgan fingerprint density at radius 1 is 1.39 bits per heavy atom. The lowest BCUT2D eigenvalue weighted by Crippen LogP contribution is -2.08. The Bertz CT molecular complexity index is 548. The maximum atomic E-state index is 11.6. The molecule has 1 aliphatic rings. The topological polar surface area (TPSA) is 57.3 Å². The molecule has 1 saturated heterocycles. The van der Waals surface area contributed by atoms with Crippen molar-refractivity contribution in [1.29, 1.82) is 0 Å². The normalized spacial score (nSPS) is 18.0. The van der Waals surface area contributed by atoms with Gasteiger partial charge < -0.3 is 18.9 Å². The van der Waals surface area contributed by atoms with Crippen LogP contribution in [0.15, 0.2) is 24.3 Å². The zero-order chi connectivity index (χ0) is 16.7. The van der Waals surface area contributed by atoms with Gasteiger partial charge in [-0.15, -0.1) is 0 Å². The molecular formula is C18H24O5. The van der Waals surface area contributed by atoms with Crippen molar-refractivity contribution >= 4 is 12.0 Å². The van der Waals surface area contributed by atoms with Crippen LogP contribution in [-0.4, -0.2) is 38.5 Å². The predicted molar refractivity (Wildman–Crippen MR) is 87.4 cm³/mol. The molecule has 0 N–H and O–H groups in total. The second-order valence-electron chi connectivity index (χ2n) is 5.21. The highest BCUT2D eigenvalue weighted by Crippen LogP contribution is 2.31. The largest absolute Gasteiger partial charge is 0.493 e. The Morgan fingerprint density at radius 2 is 2.17 bits per heavy atom. The van der Waals surface area contributed by atoms with Gasteiger partial charge in [0.1, 0.15) is 11.9 Å². The third-order valence-electron chi connectivity index (χ3n) is 3.44. The molecule has 0 spiro atoms. The van der Waals surface area contributed by atoms with Gasteiger partial charge in [-0.25, -0.2) is 4.79 Å². The Kier molecular flexibility index (Phi) is 6.62. The zero-order valence-electron chi connectivity index (χ0n) is 13.9. The summed E-state index contributed by atoms with van der Waals surface area (Å²) in [6, 6.07) is 5.79. The number of ether oxygens (including phenoxy) is 4. The van der Waals surface area contributed by atoms with Crippen molar-refractivity contribution in [3.8, 4) is 5.75 Å². The smallest absolute Gasteiger partial charge is 0.330 e.